The average Bonchev–Trinajstić information content (AvgIpc) is 2.74. The van der Waals surface area contributed by atoms with E-state index in [1.54, 1.807) is 6.08 Å². The van der Waals surface area contributed by atoms with Gasteiger partial charge in [-0.05, 0) is 69.2 Å². The first-order chi connectivity index (χ1) is 16.4. The van der Waals surface area contributed by atoms with Crippen molar-refractivity contribution in [1.82, 2.24) is 0 Å². The minimum absolute atomic E-state index is 0.0296. The Morgan fingerprint density at radius 3 is 2.11 bits per heavy atom. The zero-order chi connectivity index (χ0) is 26.5. The lowest BCUT2D eigenvalue weighted by Crippen LogP contribution is -2.49. The van der Waals surface area contributed by atoms with E-state index in [2.05, 4.69) is 72.8 Å². The van der Waals surface area contributed by atoms with Crippen LogP contribution in [-0.4, -0.2) is 38.7 Å². The second kappa shape index (κ2) is 15.8. The maximum absolute atomic E-state index is 10.3. The van der Waals surface area contributed by atoms with Crippen LogP contribution in [0.5, 0.6) is 0 Å². The Balaban J connectivity index is 2.49. The average molecular weight is 505 g/mol. The molecule has 4 nitrogen and oxygen atoms in total. The highest BCUT2D eigenvalue weighted by molar-refractivity contribution is 6.77. The fourth-order valence-corrected chi connectivity index (χ4v) is 11.2. The Kier molecular flexibility index (Phi) is 14.3. The molecular weight excluding hydrogens is 452 g/mol. The summed E-state index contributed by atoms with van der Waals surface area (Å²) in [5.41, 5.74) is 1.88. The van der Waals surface area contributed by atoms with Gasteiger partial charge < -0.3 is 13.9 Å². The van der Waals surface area contributed by atoms with E-state index in [-0.39, 0.29) is 12.2 Å². The van der Waals surface area contributed by atoms with Crippen molar-refractivity contribution in [1.29, 1.82) is 0 Å². The van der Waals surface area contributed by atoms with Crippen molar-refractivity contribution >= 4 is 14.6 Å². The van der Waals surface area contributed by atoms with Crippen molar-refractivity contribution in [3.05, 3.63) is 48.6 Å². The Morgan fingerprint density at radius 1 is 0.886 bits per heavy atom. The van der Waals surface area contributed by atoms with Crippen LogP contribution in [0, 0.1) is 0 Å². The minimum Gasteiger partial charge on any atom is -0.413 e. The first-order valence-electron chi connectivity index (χ1n) is 13.6. The molecule has 0 aliphatic carbocycles. The van der Waals surface area contributed by atoms with Gasteiger partial charge in [0.2, 0.25) is 8.32 Å². The molecule has 0 amide bonds. The summed E-state index contributed by atoms with van der Waals surface area (Å²) < 4.78 is 19.0. The van der Waals surface area contributed by atoms with Gasteiger partial charge in [-0.1, -0.05) is 84.1 Å². The highest BCUT2D eigenvalue weighted by Crippen LogP contribution is 2.43. The third kappa shape index (κ3) is 11.1. The monoisotopic (exact) mass is 504 g/mol. The summed E-state index contributed by atoms with van der Waals surface area (Å²) in [6.07, 6.45) is 21.9. The molecule has 1 aliphatic rings. The fourth-order valence-electron chi connectivity index (χ4n) is 5.53. The Bertz CT molecular complexity index is 696. The molecule has 0 aromatic heterocycles. The van der Waals surface area contributed by atoms with Crippen LogP contribution in [0.1, 0.15) is 94.4 Å². The van der Waals surface area contributed by atoms with Gasteiger partial charge in [-0.3, -0.25) is 4.79 Å². The molecule has 1 fully saturated rings. The van der Waals surface area contributed by atoms with Crippen molar-refractivity contribution in [3.8, 4) is 0 Å². The number of aldehydes is 1. The molecule has 0 aromatic rings. The molecule has 5 heteroatoms. The lowest BCUT2D eigenvalue weighted by Gasteiger charge is -2.44. The molecule has 0 bridgehead atoms. The zero-order valence-electron chi connectivity index (χ0n) is 23.8. The van der Waals surface area contributed by atoms with Crippen molar-refractivity contribution in [2.24, 2.45) is 0 Å². The van der Waals surface area contributed by atoms with Crippen molar-refractivity contribution in [3.63, 3.8) is 0 Å². The number of hydrogen-bond acceptors (Lipinski definition) is 4. The van der Waals surface area contributed by atoms with Gasteiger partial charge in [0.25, 0.3) is 0 Å². The third-order valence-electron chi connectivity index (χ3n) is 6.88. The van der Waals surface area contributed by atoms with Crippen LogP contribution < -0.4 is 0 Å². The van der Waals surface area contributed by atoms with Crippen molar-refractivity contribution in [2.75, 3.05) is 0 Å². The standard InChI is InChI=1S/C30H52O4Si/c1-24(2)35(25(3)4,26(5)6)34-27(7)19-15-11-10-12-16-20-28-23-29(33-30(8,9)32-28)21-17-13-14-18-22-31/h10,12-14,16-18,20,22,24-29H,11,15,19,21,23H2,1-9H3/b12-10+,17-13-,18-14+,20-16+/t27-,28+,29+/m1/s1. The summed E-state index contributed by atoms with van der Waals surface area (Å²) in [5, 5.41) is 0. The Hall–Kier alpha value is -1.27. The number of ether oxygens (including phenoxy) is 2. The summed E-state index contributed by atoms with van der Waals surface area (Å²) in [5.74, 6) is -0.606. The number of allylic oxidation sites excluding steroid dienone is 6. The first-order valence-corrected chi connectivity index (χ1v) is 15.7. The van der Waals surface area contributed by atoms with Gasteiger partial charge in [-0.2, -0.15) is 0 Å². The van der Waals surface area contributed by atoms with E-state index in [1.807, 2.05) is 26.0 Å². The number of carbonyl (C=O) groups is 1. The Morgan fingerprint density at radius 2 is 1.51 bits per heavy atom. The molecule has 200 valence electrons. The number of unbranched alkanes of at least 4 members (excludes halogenated alkanes) is 1. The second-order valence-corrected chi connectivity index (χ2v) is 16.6. The van der Waals surface area contributed by atoms with Gasteiger partial charge in [0.05, 0.1) is 12.2 Å². The molecule has 0 saturated carbocycles. The van der Waals surface area contributed by atoms with Crippen LogP contribution in [-0.2, 0) is 18.7 Å². The molecule has 0 aromatic carbocycles. The summed E-state index contributed by atoms with van der Waals surface area (Å²) >= 11 is 0. The third-order valence-corrected chi connectivity index (χ3v) is 13.1. The summed E-state index contributed by atoms with van der Waals surface area (Å²) in [6, 6.07) is 0. The first kappa shape index (κ1) is 31.8. The number of carbonyl (C=O) groups excluding carboxylic acids is 1. The van der Waals surface area contributed by atoms with E-state index in [1.165, 1.54) is 6.08 Å². The maximum Gasteiger partial charge on any atom is 0.200 e. The molecular formula is C30H52O4Si. The van der Waals surface area contributed by atoms with Crippen LogP contribution in [0.25, 0.3) is 0 Å². The molecule has 1 saturated heterocycles. The fraction of sp³-hybridized carbons (Fsp3) is 0.700. The summed E-state index contributed by atoms with van der Waals surface area (Å²) in [4.78, 5) is 10.3. The number of rotatable bonds is 15. The highest BCUT2D eigenvalue weighted by Gasteiger charge is 2.45. The van der Waals surface area contributed by atoms with E-state index in [0.717, 1.165) is 38.4 Å². The van der Waals surface area contributed by atoms with Crippen LogP contribution in [0.4, 0.5) is 0 Å². The van der Waals surface area contributed by atoms with Crippen LogP contribution in [0.3, 0.4) is 0 Å². The smallest absolute Gasteiger partial charge is 0.200 e. The van der Waals surface area contributed by atoms with Crippen molar-refractivity contribution < 1.29 is 18.7 Å². The topological polar surface area (TPSA) is 44.8 Å². The predicted molar refractivity (Wildman–Crippen MR) is 151 cm³/mol. The van der Waals surface area contributed by atoms with E-state index in [0.29, 0.717) is 22.7 Å². The second-order valence-electron chi connectivity index (χ2n) is 11.2. The van der Waals surface area contributed by atoms with Gasteiger partial charge in [-0.15, -0.1) is 0 Å². The van der Waals surface area contributed by atoms with Crippen LogP contribution in [0.2, 0.25) is 16.6 Å². The molecule has 1 rings (SSSR count). The summed E-state index contributed by atoms with van der Waals surface area (Å²) in [7, 11) is -1.80. The van der Waals surface area contributed by atoms with Crippen LogP contribution >= 0.6 is 0 Å². The minimum atomic E-state index is -1.80. The largest absolute Gasteiger partial charge is 0.413 e. The molecule has 35 heavy (non-hydrogen) atoms. The van der Waals surface area contributed by atoms with E-state index >= 15 is 0 Å². The zero-order valence-corrected chi connectivity index (χ0v) is 24.8. The lowest BCUT2D eigenvalue weighted by molar-refractivity contribution is -0.289. The molecule has 1 aliphatic heterocycles. The van der Waals surface area contributed by atoms with Gasteiger partial charge >= 0.3 is 0 Å². The molecule has 0 spiro atoms. The molecule has 0 unspecified atom stereocenters. The van der Waals surface area contributed by atoms with Gasteiger partial charge in [0.15, 0.2) is 5.79 Å². The maximum atomic E-state index is 10.3. The molecule has 3 atom stereocenters. The Labute approximate surface area is 217 Å². The van der Waals surface area contributed by atoms with Crippen LogP contribution in [0.15, 0.2) is 48.6 Å². The summed E-state index contributed by atoms with van der Waals surface area (Å²) in [6.45, 7) is 20.3. The highest BCUT2D eigenvalue weighted by atomic mass is 28.4. The predicted octanol–water partition coefficient (Wildman–Crippen LogP) is 8.46. The molecule has 0 radical (unpaired) electrons. The quantitative estimate of drug-likeness (QED) is 0.0737. The normalized spacial score (nSPS) is 22.6. The SMILES string of the molecule is CC(C)[Si](O[C@H](C)CCC/C=C/C=C/[C@H]1C[C@H](C/C=C\C=C\C=O)OC(C)(C)O1)(C(C)C)C(C)C. The van der Waals surface area contributed by atoms with Gasteiger partial charge in [0, 0.05) is 12.5 Å². The van der Waals surface area contributed by atoms with E-state index in [9.17, 15) is 4.79 Å². The van der Waals surface area contributed by atoms with E-state index < -0.39 is 14.1 Å². The lowest BCUT2D eigenvalue weighted by atomic mass is 10.0. The molecule has 0 N–H and O–H groups in total. The van der Waals surface area contributed by atoms with E-state index in [4.69, 9.17) is 13.9 Å². The number of hydrogen-bond donors (Lipinski definition) is 0. The van der Waals surface area contributed by atoms with Crippen molar-refractivity contribution in [2.45, 2.75) is 135 Å². The van der Waals surface area contributed by atoms with Gasteiger partial charge in [0.1, 0.15) is 6.29 Å². The molecule has 1 heterocycles. The van der Waals surface area contributed by atoms with Gasteiger partial charge in [-0.25, -0.2) is 0 Å².